The van der Waals surface area contributed by atoms with Crippen LogP contribution in [0.15, 0.2) is 24.3 Å². The van der Waals surface area contributed by atoms with Gasteiger partial charge in [-0.1, -0.05) is 12.1 Å². The number of nitrogens with zero attached hydrogens (tertiary/aromatic N) is 2. The highest BCUT2D eigenvalue weighted by Gasteiger charge is 2.20. The van der Waals surface area contributed by atoms with Gasteiger partial charge in [0, 0.05) is 25.7 Å². The molecule has 2 rings (SSSR count). The van der Waals surface area contributed by atoms with Crippen LogP contribution in [0.3, 0.4) is 0 Å². The van der Waals surface area contributed by atoms with Crippen molar-refractivity contribution in [2.75, 3.05) is 31.6 Å². The number of carbonyl (C=O) groups excluding carboxylic acids is 1. The molecule has 0 unspecified atom stereocenters. The molecule has 1 saturated heterocycles. The van der Waals surface area contributed by atoms with Crippen molar-refractivity contribution >= 4 is 17.3 Å². The molecule has 1 atom stereocenters. The standard InChI is InChI=1S/C14H20N4O3/c1-17(12-6-2-3-7-13(12)18(20)21)10-14(19)16-11-5-4-8-15-9-11/h2-3,6-7,11,15H,4-5,8-10H2,1H3,(H,16,19)/t11-/m0/s1. The zero-order valence-corrected chi connectivity index (χ0v) is 12.0. The highest BCUT2D eigenvalue weighted by Crippen LogP contribution is 2.26. The van der Waals surface area contributed by atoms with Crippen LogP contribution in [0.25, 0.3) is 0 Å². The molecule has 0 aromatic heterocycles. The maximum Gasteiger partial charge on any atom is 0.292 e. The van der Waals surface area contributed by atoms with E-state index >= 15 is 0 Å². The van der Waals surface area contributed by atoms with Crippen molar-refractivity contribution in [1.82, 2.24) is 10.6 Å². The van der Waals surface area contributed by atoms with Crippen LogP contribution >= 0.6 is 0 Å². The molecule has 0 saturated carbocycles. The average molecular weight is 292 g/mol. The Balaban J connectivity index is 1.95. The third-order valence-electron chi connectivity index (χ3n) is 3.53. The number of nitro benzene ring substituents is 1. The number of amides is 1. The van der Waals surface area contributed by atoms with Crippen LogP contribution in [0.1, 0.15) is 12.8 Å². The van der Waals surface area contributed by atoms with E-state index in [1.165, 1.54) is 6.07 Å². The average Bonchev–Trinajstić information content (AvgIpc) is 2.48. The van der Waals surface area contributed by atoms with Crippen molar-refractivity contribution in [3.63, 3.8) is 0 Å². The van der Waals surface area contributed by atoms with Crippen molar-refractivity contribution in [3.05, 3.63) is 34.4 Å². The molecular formula is C14H20N4O3. The van der Waals surface area contributed by atoms with Gasteiger partial charge in [-0.15, -0.1) is 0 Å². The summed E-state index contributed by atoms with van der Waals surface area (Å²) >= 11 is 0. The first-order valence-electron chi connectivity index (χ1n) is 7.02. The van der Waals surface area contributed by atoms with Crippen LogP contribution < -0.4 is 15.5 Å². The summed E-state index contributed by atoms with van der Waals surface area (Å²) in [7, 11) is 1.68. The molecule has 1 aliphatic heterocycles. The van der Waals surface area contributed by atoms with E-state index in [0.29, 0.717) is 5.69 Å². The van der Waals surface area contributed by atoms with Crippen LogP contribution in [0.5, 0.6) is 0 Å². The van der Waals surface area contributed by atoms with Crippen molar-refractivity contribution < 1.29 is 9.72 Å². The molecule has 0 aliphatic carbocycles. The zero-order chi connectivity index (χ0) is 15.2. The number of likely N-dealkylation sites (N-methyl/N-ethyl adjacent to an activating group) is 1. The number of hydrogen-bond donors (Lipinski definition) is 2. The Hall–Kier alpha value is -2.15. The lowest BCUT2D eigenvalue weighted by Gasteiger charge is -2.25. The van der Waals surface area contributed by atoms with Gasteiger partial charge < -0.3 is 15.5 Å². The van der Waals surface area contributed by atoms with Gasteiger partial charge in [-0.25, -0.2) is 0 Å². The van der Waals surface area contributed by atoms with Gasteiger partial charge in [0.1, 0.15) is 5.69 Å². The molecule has 1 heterocycles. The Kier molecular flexibility index (Phi) is 5.10. The van der Waals surface area contributed by atoms with Crippen molar-refractivity contribution in [2.24, 2.45) is 0 Å². The van der Waals surface area contributed by atoms with Gasteiger partial charge in [-0.3, -0.25) is 14.9 Å². The van der Waals surface area contributed by atoms with E-state index in [0.717, 1.165) is 25.9 Å². The Bertz CT molecular complexity index is 515. The highest BCUT2D eigenvalue weighted by molar-refractivity contribution is 5.82. The summed E-state index contributed by atoms with van der Waals surface area (Å²) in [5, 5.41) is 17.2. The Morgan fingerprint density at radius 2 is 2.29 bits per heavy atom. The number of anilines is 1. The summed E-state index contributed by atoms with van der Waals surface area (Å²) in [6.45, 7) is 1.87. The zero-order valence-electron chi connectivity index (χ0n) is 12.0. The maximum absolute atomic E-state index is 12.0. The number of hydrogen-bond acceptors (Lipinski definition) is 5. The van der Waals surface area contributed by atoms with E-state index in [1.54, 1.807) is 30.1 Å². The fourth-order valence-corrected chi connectivity index (χ4v) is 2.49. The van der Waals surface area contributed by atoms with E-state index in [4.69, 9.17) is 0 Å². The fraction of sp³-hybridized carbons (Fsp3) is 0.500. The quantitative estimate of drug-likeness (QED) is 0.622. The number of nitrogens with one attached hydrogen (secondary N) is 2. The van der Waals surface area contributed by atoms with E-state index < -0.39 is 4.92 Å². The van der Waals surface area contributed by atoms with Gasteiger partial charge in [-0.05, 0) is 25.5 Å². The SMILES string of the molecule is CN(CC(=O)N[C@H]1CCCNC1)c1ccccc1[N+](=O)[O-]. The topological polar surface area (TPSA) is 87.5 Å². The summed E-state index contributed by atoms with van der Waals surface area (Å²) in [6, 6.07) is 6.57. The third-order valence-corrected chi connectivity index (χ3v) is 3.53. The van der Waals surface area contributed by atoms with Crippen LogP contribution in [-0.2, 0) is 4.79 Å². The molecule has 1 aliphatic rings. The number of para-hydroxylation sites is 2. The first kappa shape index (κ1) is 15.2. The predicted octanol–water partition coefficient (Wildman–Crippen LogP) is 0.899. The van der Waals surface area contributed by atoms with E-state index in [9.17, 15) is 14.9 Å². The second-order valence-corrected chi connectivity index (χ2v) is 5.21. The minimum absolute atomic E-state index is 0.00660. The monoisotopic (exact) mass is 292 g/mol. The Morgan fingerprint density at radius 1 is 1.52 bits per heavy atom. The molecule has 2 N–H and O–H groups in total. The number of nitro groups is 1. The number of carbonyl (C=O) groups is 1. The first-order valence-corrected chi connectivity index (χ1v) is 7.02. The molecule has 1 aromatic rings. The molecule has 0 bridgehead atoms. The van der Waals surface area contributed by atoms with Crippen molar-refractivity contribution in [3.8, 4) is 0 Å². The Morgan fingerprint density at radius 3 is 2.95 bits per heavy atom. The van der Waals surface area contributed by atoms with Crippen molar-refractivity contribution in [2.45, 2.75) is 18.9 Å². The number of piperidine rings is 1. The Labute approximate surface area is 123 Å². The minimum Gasteiger partial charge on any atom is -0.360 e. The van der Waals surface area contributed by atoms with Crippen LogP contribution in [0.4, 0.5) is 11.4 Å². The smallest absolute Gasteiger partial charge is 0.292 e. The molecule has 7 heteroatoms. The largest absolute Gasteiger partial charge is 0.360 e. The number of rotatable bonds is 5. The lowest BCUT2D eigenvalue weighted by atomic mass is 10.1. The van der Waals surface area contributed by atoms with Gasteiger partial charge in [0.2, 0.25) is 5.91 Å². The summed E-state index contributed by atoms with van der Waals surface area (Å²) in [6.07, 6.45) is 2.01. The molecular weight excluding hydrogens is 272 g/mol. The second kappa shape index (κ2) is 7.03. The molecule has 1 fully saturated rings. The lowest BCUT2D eigenvalue weighted by Crippen LogP contribution is -2.48. The van der Waals surface area contributed by atoms with Gasteiger partial charge >= 0.3 is 0 Å². The molecule has 1 amide bonds. The van der Waals surface area contributed by atoms with Crippen LogP contribution in [0.2, 0.25) is 0 Å². The summed E-state index contributed by atoms with van der Waals surface area (Å²) in [5.74, 6) is -0.121. The second-order valence-electron chi connectivity index (χ2n) is 5.21. The molecule has 114 valence electrons. The number of benzene rings is 1. The fourth-order valence-electron chi connectivity index (χ4n) is 2.49. The van der Waals surface area contributed by atoms with Crippen molar-refractivity contribution in [1.29, 1.82) is 0 Å². The maximum atomic E-state index is 12.0. The molecule has 0 radical (unpaired) electrons. The van der Waals surface area contributed by atoms with Crippen LogP contribution in [0, 0.1) is 10.1 Å². The normalized spacial score (nSPS) is 18.0. The van der Waals surface area contributed by atoms with Gasteiger partial charge in [0.05, 0.1) is 11.5 Å². The van der Waals surface area contributed by atoms with E-state index in [-0.39, 0.29) is 24.2 Å². The van der Waals surface area contributed by atoms with E-state index in [1.807, 2.05) is 0 Å². The van der Waals surface area contributed by atoms with Gasteiger partial charge in [0.15, 0.2) is 0 Å². The molecule has 0 spiro atoms. The minimum atomic E-state index is -0.436. The van der Waals surface area contributed by atoms with Gasteiger partial charge in [0.25, 0.3) is 5.69 Å². The molecule has 1 aromatic carbocycles. The highest BCUT2D eigenvalue weighted by atomic mass is 16.6. The molecule has 7 nitrogen and oxygen atoms in total. The summed E-state index contributed by atoms with van der Waals surface area (Å²) < 4.78 is 0. The van der Waals surface area contributed by atoms with Crippen LogP contribution in [-0.4, -0.2) is 43.6 Å². The third kappa shape index (κ3) is 4.16. The predicted molar refractivity (Wildman–Crippen MR) is 80.4 cm³/mol. The van der Waals surface area contributed by atoms with Gasteiger partial charge in [-0.2, -0.15) is 0 Å². The summed E-state index contributed by atoms with van der Waals surface area (Å²) in [5.41, 5.74) is 0.451. The van der Waals surface area contributed by atoms with E-state index in [2.05, 4.69) is 10.6 Å². The first-order chi connectivity index (χ1) is 10.1. The lowest BCUT2D eigenvalue weighted by molar-refractivity contribution is -0.384. The molecule has 21 heavy (non-hydrogen) atoms. The summed E-state index contributed by atoms with van der Waals surface area (Å²) in [4.78, 5) is 24.2.